The minimum Gasteiger partial charge on any atom is -0.336 e. The van der Waals surface area contributed by atoms with Gasteiger partial charge in [0.25, 0.3) is 0 Å². The molecule has 0 bridgehead atoms. The lowest BCUT2D eigenvalue weighted by molar-refractivity contribution is 0.624. The number of hydrogen-bond acceptors (Lipinski definition) is 3. The molecule has 7 heteroatoms. The lowest BCUT2D eigenvalue weighted by Crippen LogP contribution is -2.18. The molecule has 0 aliphatic rings. The first-order valence-corrected chi connectivity index (χ1v) is 12.4. The molecule has 0 saturated heterocycles. The van der Waals surface area contributed by atoms with E-state index < -0.39 is 0 Å². The normalized spacial score (nSPS) is 11.7. The van der Waals surface area contributed by atoms with Crippen LogP contribution in [-0.4, -0.2) is 19.9 Å². The van der Waals surface area contributed by atoms with Crippen LogP contribution in [0.5, 0.6) is 0 Å². The smallest absolute Gasteiger partial charge is 0.175 e. The molecule has 1 heterocycles. The summed E-state index contributed by atoms with van der Waals surface area (Å²) >= 11 is 13.3. The Kier molecular flexibility index (Phi) is 8.41. The van der Waals surface area contributed by atoms with Crippen molar-refractivity contribution in [2.24, 2.45) is 0 Å². The van der Waals surface area contributed by atoms with E-state index in [-0.39, 0.29) is 0 Å². The van der Waals surface area contributed by atoms with Gasteiger partial charge in [-0.1, -0.05) is 41.9 Å². The van der Waals surface area contributed by atoms with Gasteiger partial charge in [0.05, 0.1) is 6.33 Å². The van der Waals surface area contributed by atoms with E-state index in [1.54, 1.807) is 0 Å². The molecule has 0 aliphatic heterocycles. The van der Waals surface area contributed by atoms with Gasteiger partial charge in [0.2, 0.25) is 0 Å². The average molecular weight is 493 g/mol. The second-order valence-electron chi connectivity index (χ2n) is 7.63. The maximum Gasteiger partial charge on any atom is 0.175 e. The van der Waals surface area contributed by atoms with Gasteiger partial charge in [0, 0.05) is 45.5 Å². The van der Waals surface area contributed by atoms with Gasteiger partial charge in [-0.05, 0) is 79.2 Å². The Bertz CT molecular complexity index is 1130. The highest BCUT2D eigenvalue weighted by Crippen LogP contribution is 2.29. The number of aromatic nitrogens is 2. The molecule has 33 heavy (non-hydrogen) atoms. The molecular weight excluding hydrogens is 468 g/mol. The molecule has 1 aromatic heterocycles. The van der Waals surface area contributed by atoms with Crippen LogP contribution in [0.15, 0.2) is 102 Å². The summed E-state index contributed by atoms with van der Waals surface area (Å²) in [6.07, 6.45) is 7.78. The molecule has 168 valence electrons. The van der Waals surface area contributed by atoms with Crippen LogP contribution in [0, 0.1) is 0 Å². The van der Waals surface area contributed by atoms with Gasteiger partial charge in [0.15, 0.2) is 5.11 Å². The summed E-state index contributed by atoms with van der Waals surface area (Å²) in [5.41, 5.74) is 3.22. The monoisotopic (exact) mass is 492 g/mol. The van der Waals surface area contributed by atoms with Crippen LogP contribution in [-0.2, 0) is 13.0 Å². The molecule has 2 N–H and O–H groups in total. The molecular formula is C26H25ClN4S2. The van der Waals surface area contributed by atoms with Crippen LogP contribution in [0.4, 0.5) is 11.4 Å². The quantitative estimate of drug-likeness (QED) is 0.192. The number of hydrogen-bond donors (Lipinski definition) is 2. The summed E-state index contributed by atoms with van der Waals surface area (Å²) in [6, 6.07) is 26.4. The lowest BCUT2D eigenvalue weighted by atomic mass is 10.1. The first-order chi connectivity index (χ1) is 16.1. The molecule has 3 aromatic carbocycles. The molecule has 0 amide bonds. The van der Waals surface area contributed by atoms with Crippen LogP contribution in [0.1, 0.15) is 12.0 Å². The third-order valence-corrected chi connectivity index (χ3v) is 6.81. The first kappa shape index (κ1) is 23.4. The van der Waals surface area contributed by atoms with Gasteiger partial charge < -0.3 is 15.2 Å². The second-order valence-corrected chi connectivity index (χ2v) is 9.85. The third-order valence-electron chi connectivity index (χ3n) is 5.09. The van der Waals surface area contributed by atoms with Crippen molar-refractivity contribution < 1.29 is 0 Å². The number of imidazole rings is 1. The highest BCUT2D eigenvalue weighted by molar-refractivity contribution is 8.00. The van der Waals surface area contributed by atoms with E-state index in [0.717, 1.165) is 35.8 Å². The number of nitrogens with zero attached hydrogens (tertiary/aromatic N) is 2. The maximum absolute atomic E-state index is 6.03. The zero-order valence-electron chi connectivity index (χ0n) is 18.0. The number of aryl methyl sites for hydroxylation is 1. The first-order valence-electron chi connectivity index (χ1n) is 10.7. The van der Waals surface area contributed by atoms with Gasteiger partial charge in [-0.15, -0.1) is 11.8 Å². The standard InChI is InChI=1S/C26H25ClN4S2/c27-21-9-6-20(7-10-21)8-13-25(18-31-17-16-28-19-31)33-24-14-11-23(12-15-24)30-26(32)29-22-4-2-1-3-5-22/h1-7,9-12,14-17,19,25H,8,13,18H2,(H2,29,30,32). The minimum atomic E-state index is 0.412. The summed E-state index contributed by atoms with van der Waals surface area (Å²) in [6.45, 7) is 0.906. The molecule has 1 atom stereocenters. The Morgan fingerprint density at radius 3 is 2.30 bits per heavy atom. The fraction of sp³-hybridized carbons (Fsp3) is 0.154. The summed E-state index contributed by atoms with van der Waals surface area (Å²) in [5, 5.41) is 8.20. The number of thiocarbonyl (C=S) groups is 1. The fourth-order valence-corrected chi connectivity index (χ4v) is 4.94. The highest BCUT2D eigenvalue weighted by atomic mass is 35.5. The number of para-hydroxylation sites is 1. The van der Waals surface area contributed by atoms with E-state index in [1.807, 2.05) is 72.9 Å². The van der Waals surface area contributed by atoms with Crippen LogP contribution in [0.25, 0.3) is 0 Å². The molecule has 0 aliphatic carbocycles. The zero-order valence-corrected chi connectivity index (χ0v) is 20.4. The van der Waals surface area contributed by atoms with Crippen LogP contribution >= 0.6 is 35.6 Å². The van der Waals surface area contributed by atoms with Gasteiger partial charge in [-0.3, -0.25) is 0 Å². The SMILES string of the molecule is S=C(Nc1ccccc1)Nc1ccc(SC(CCc2ccc(Cl)cc2)Cn2ccnc2)cc1. The Morgan fingerprint density at radius 2 is 1.64 bits per heavy atom. The van der Waals surface area contributed by atoms with Crippen molar-refractivity contribution in [3.63, 3.8) is 0 Å². The summed E-state index contributed by atoms with van der Waals surface area (Å²) in [4.78, 5) is 5.42. The third kappa shape index (κ3) is 7.63. The Balaban J connectivity index is 1.35. The minimum absolute atomic E-state index is 0.412. The van der Waals surface area contributed by atoms with Crippen molar-refractivity contribution in [1.29, 1.82) is 0 Å². The van der Waals surface area contributed by atoms with Gasteiger partial charge in [-0.25, -0.2) is 4.98 Å². The predicted molar refractivity (Wildman–Crippen MR) is 144 cm³/mol. The largest absolute Gasteiger partial charge is 0.336 e. The molecule has 1 unspecified atom stereocenters. The van der Waals surface area contributed by atoms with Crippen LogP contribution in [0.2, 0.25) is 5.02 Å². The zero-order chi connectivity index (χ0) is 22.9. The van der Waals surface area contributed by atoms with Crippen molar-refractivity contribution in [3.8, 4) is 0 Å². The molecule has 0 spiro atoms. The van der Waals surface area contributed by atoms with Crippen molar-refractivity contribution >= 4 is 52.1 Å². The van der Waals surface area contributed by atoms with Crippen molar-refractivity contribution in [2.75, 3.05) is 10.6 Å². The number of nitrogens with one attached hydrogen (secondary N) is 2. The van der Waals surface area contributed by atoms with E-state index >= 15 is 0 Å². The van der Waals surface area contributed by atoms with Crippen molar-refractivity contribution in [1.82, 2.24) is 9.55 Å². The Morgan fingerprint density at radius 1 is 0.939 bits per heavy atom. The second kappa shape index (κ2) is 11.9. The van der Waals surface area contributed by atoms with E-state index in [1.165, 1.54) is 10.5 Å². The highest BCUT2D eigenvalue weighted by Gasteiger charge is 2.12. The molecule has 4 rings (SSSR count). The fourth-order valence-electron chi connectivity index (χ4n) is 3.42. The lowest BCUT2D eigenvalue weighted by Gasteiger charge is -2.18. The molecule has 0 radical (unpaired) electrons. The molecule has 4 aromatic rings. The van der Waals surface area contributed by atoms with E-state index in [4.69, 9.17) is 23.8 Å². The van der Waals surface area contributed by atoms with E-state index in [9.17, 15) is 0 Å². The van der Waals surface area contributed by atoms with Crippen LogP contribution in [0.3, 0.4) is 0 Å². The number of halogens is 1. The molecule has 0 saturated carbocycles. The number of thioether (sulfide) groups is 1. The Labute approximate surface area is 209 Å². The molecule has 0 fully saturated rings. The Hall–Kier alpha value is -2.80. The summed E-state index contributed by atoms with van der Waals surface area (Å²) in [5.74, 6) is 0. The van der Waals surface area contributed by atoms with E-state index in [2.05, 4.69) is 56.6 Å². The van der Waals surface area contributed by atoms with Crippen molar-refractivity contribution in [2.45, 2.75) is 29.5 Å². The van der Waals surface area contributed by atoms with E-state index in [0.29, 0.717) is 10.4 Å². The maximum atomic E-state index is 6.03. The van der Waals surface area contributed by atoms with Crippen LogP contribution < -0.4 is 10.6 Å². The summed E-state index contributed by atoms with van der Waals surface area (Å²) in [7, 11) is 0. The topological polar surface area (TPSA) is 41.9 Å². The average Bonchev–Trinajstić information content (AvgIpc) is 3.33. The number of benzene rings is 3. The number of rotatable bonds is 9. The number of anilines is 2. The predicted octanol–water partition coefficient (Wildman–Crippen LogP) is 7.14. The van der Waals surface area contributed by atoms with Crippen molar-refractivity contribution in [3.05, 3.63) is 108 Å². The van der Waals surface area contributed by atoms with Gasteiger partial charge in [-0.2, -0.15) is 0 Å². The molecule has 4 nitrogen and oxygen atoms in total. The van der Waals surface area contributed by atoms with Gasteiger partial charge >= 0.3 is 0 Å². The summed E-state index contributed by atoms with van der Waals surface area (Å²) < 4.78 is 2.14. The van der Waals surface area contributed by atoms with Gasteiger partial charge in [0.1, 0.15) is 0 Å².